The van der Waals surface area contributed by atoms with Crippen molar-refractivity contribution in [3.63, 3.8) is 0 Å². The van der Waals surface area contributed by atoms with E-state index in [1.165, 1.54) is 11.1 Å². The van der Waals surface area contributed by atoms with E-state index in [2.05, 4.69) is 29.6 Å². The third-order valence-corrected chi connectivity index (χ3v) is 3.32. The summed E-state index contributed by atoms with van der Waals surface area (Å²) in [5, 5.41) is 7.86. The van der Waals surface area contributed by atoms with E-state index in [0.717, 1.165) is 18.0 Å². The van der Waals surface area contributed by atoms with E-state index in [1.54, 1.807) is 7.11 Å². The van der Waals surface area contributed by atoms with Gasteiger partial charge in [-0.15, -0.1) is 0 Å². The quantitative estimate of drug-likeness (QED) is 0.897. The Bertz CT molecular complexity index is 548. The summed E-state index contributed by atoms with van der Waals surface area (Å²) in [5.41, 5.74) is 3.47. The van der Waals surface area contributed by atoms with Crippen LogP contribution in [-0.4, -0.2) is 16.9 Å². The highest BCUT2D eigenvalue weighted by molar-refractivity contribution is 5.35. The zero-order chi connectivity index (χ0) is 13.8. The molecular formula is C15H21N3O. The maximum absolute atomic E-state index is 5.39. The molecule has 2 rings (SSSR count). The summed E-state index contributed by atoms with van der Waals surface area (Å²) in [6.45, 7) is 4.98. The van der Waals surface area contributed by atoms with Crippen LogP contribution in [0.15, 0.2) is 30.5 Å². The molecule has 0 aliphatic heterocycles. The SMILES string of the molecule is COc1ccccc1[C@H](C)NCc1cn(C)nc1C. The number of nitrogens with one attached hydrogen (secondary N) is 1. The molecular weight excluding hydrogens is 238 g/mol. The van der Waals surface area contributed by atoms with E-state index in [1.807, 2.05) is 36.9 Å². The van der Waals surface area contributed by atoms with Crippen LogP contribution in [0.5, 0.6) is 5.75 Å². The Morgan fingerprint density at radius 3 is 2.74 bits per heavy atom. The van der Waals surface area contributed by atoms with Gasteiger partial charge in [-0.05, 0) is 19.9 Å². The molecule has 2 aromatic rings. The highest BCUT2D eigenvalue weighted by Gasteiger charge is 2.11. The zero-order valence-electron chi connectivity index (χ0n) is 12.0. The van der Waals surface area contributed by atoms with Crippen LogP contribution in [0.1, 0.15) is 29.8 Å². The number of para-hydroxylation sites is 1. The fourth-order valence-electron chi connectivity index (χ4n) is 2.22. The van der Waals surface area contributed by atoms with Gasteiger partial charge in [0, 0.05) is 37.0 Å². The first-order chi connectivity index (χ1) is 9.11. The number of rotatable bonds is 5. The first kappa shape index (κ1) is 13.6. The summed E-state index contributed by atoms with van der Waals surface area (Å²) in [6.07, 6.45) is 2.05. The Kier molecular flexibility index (Phi) is 4.22. The smallest absolute Gasteiger partial charge is 0.123 e. The first-order valence-corrected chi connectivity index (χ1v) is 6.47. The zero-order valence-corrected chi connectivity index (χ0v) is 12.0. The number of hydrogen-bond donors (Lipinski definition) is 1. The number of benzene rings is 1. The van der Waals surface area contributed by atoms with E-state index >= 15 is 0 Å². The van der Waals surface area contributed by atoms with Crippen molar-refractivity contribution in [2.24, 2.45) is 7.05 Å². The topological polar surface area (TPSA) is 39.1 Å². The second-order valence-corrected chi connectivity index (χ2v) is 4.76. The number of hydrogen-bond acceptors (Lipinski definition) is 3. The lowest BCUT2D eigenvalue weighted by Crippen LogP contribution is -2.18. The summed E-state index contributed by atoms with van der Waals surface area (Å²) in [4.78, 5) is 0. The van der Waals surface area contributed by atoms with E-state index in [0.29, 0.717) is 0 Å². The molecule has 0 spiro atoms. The molecule has 0 fully saturated rings. The summed E-state index contributed by atoms with van der Waals surface area (Å²) in [6, 6.07) is 8.33. The molecule has 0 radical (unpaired) electrons. The van der Waals surface area contributed by atoms with Gasteiger partial charge < -0.3 is 10.1 Å². The molecule has 0 aliphatic carbocycles. The second-order valence-electron chi connectivity index (χ2n) is 4.76. The van der Waals surface area contributed by atoms with E-state index in [-0.39, 0.29) is 6.04 Å². The van der Waals surface area contributed by atoms with Gasteiger partial charge in [-0.3, -0.25) is 4.68 Å². The molecule has 1 N–H and O–H groups in total. The highest BCUT2D eigenvalue weighted by Crippen LogP contribution is 2.24. The first-order valence-electron chi connectivity index (χ1n) is 6.47. The molecule has 1 aromatic carbocycles. The van der Waals surface area contributed by atoms with Gasteiger partial charge in [0.2, 0.25) is 0 Å². The fourth-order valence-corrected chi connectivity index (χ4v) is 2.22. The monoisotopic (exact) mass is 259 g/mol. The van der Waals surface area contributed by atoms with Gasteiger partial charge in [0.25, 0.3) is 0 Å². The van der Waals surface area contributed by atoms with E-state index < -0.39 is 0 Å². The maximum atomic E-state index is 5.39. The van der Waals surface area contributed by atoms with Crippen LogP contribution >= 0.6 is 0 Å². The average molecular weight is 259 g/mol. The van der Waals surface area contributed by atoms with Gasteiger partial charge in [0.1, 0.15) is 5.75 Å². The number of methoxy groups -OCH3 is 1. The molecule has 0 saturated heterocycles. The number of aryl methyl sites for hydroxylation is 2. The lowest BCUT2D eigenvalue weighted by Gasteiger charge is -2.17. The van der Waals surface area contributed by atoms with Crippen LogP contribution in [-0.2, 0) is 13.6 Å². The minimum Gasteiger partial charge on any atom is -0.496 e. The molecule has 4 nitrogen and oxygen atoms in total. The highest BCUT2D eigenvalue weighted by atomic mass is 16.5. The van der Waals surface area contributed by atoms with Gasteiger partial charge in [-0.25, -0.2) is 0 Å². The Hall–Kier alpha value is -1.81. The summed E-state index contributed by atoms with van der Waals surface area (Å²) < 4.78 is 7.24. The van der Waals surface area contributed by atoms with Crippen molar-refractivity contribution < 1.29 is 4.74 Å². The van der Waals surface area contributed by atoms with Crippen molar-refractivity contribution >= 4 is 0 Å². The van der Waals surface area contributed by atoms with Crippen molar-refractivity contribution in [1.82, 2.24) is 15.1 Å². The second kappa shape index (κ2) is 5.89. The lowest BCUT2D eigenvalue weighted by atomic mass is 10.1. The standard InChI is InChI=1S/C15H21N3O/c1-11-13(10-18(3)17-11)9-16-12(2)14-7-5-6-8-15(14)19-4/h5-8,10,12,16H,9H2,1-4H3/t12-/m0/s1. The molecule has 1 heterocycles. The Labute approximate surface area is 114 Å². The van der Waals surface area contributed by atoms with Crippen molar-refractivity contribution in [2.45, 2.75) is 26.4 Å². The van der Waals surface area contributed by atoms with Crippen molar-refractivity contribution in [2.75, 3.05) is 7.11 Å². The summed E-state index contributed by atoms with van der Waals surface area (Å²) >= 11 is 0. The number of nitrogens with zero attached hydrogens (tertiary/aromatic N) is 2. The molecule has 0 saturated carbocycles. The lowest BCUT2D eigenvalue weighted by molar-refractivity contribution is 0.401. The van der Waals surface area contributed by atoms with Gasteiger partial charge in [-0.2, -0.15) is 5.10 Å². The molecule has 102 valence electrons. The van der Waals surface area contributed by atoms with Gasteiger partial charge in [0.15, 0.2) is 0 Å². The summed E-state index contributed by atoms with van der Waals surface area (Å²) in [7, 11) is 3.65. The predicted molar refractivity (Wildman–Crippen MR) is 76.2 cm³/mol. The van der Waals surface area contributed by atoms with Crippen LogP contribution in [0.2, 0.25) is 0 Å². The fraction of sp³-hybridized carbons (Fsp3) is 0.400. The van der Waals surface area contributed by atoms with Crippen molar-refractivity contribution in [3.05, 3.63) is 47.3 Å². The van der Waals surface area contributed by atoms with Crippen LogP contribution in [0.3, 0.4) is 0 Å². The molecule has 1 aromatic heterocycles. The maximum Gasteiger partial charge on any atom is 0.123 e. The number of aromatic nitrogens is 2. The third-order valence-electron chi connectivity index (χ3n) is 3.32. The third kappa shape index (κ3) is 3.15. The largest absolute Gasteiger partial charge is 0.496 e. The van der Waals surface area contributed by atoms with E-state index in [4.69, 9.17) is 4.74 Å². The molecule has 19 heavy (non-hydrogen) atoms. The van der Waals surface area contributed by atoms with Crippen molar-refractivity contribution in [3.8, 4) is 5.75 Å². The minimum atomic E-state index is 0.232. The van der Waals surface area contributed by atoms with E-state index in [9.17, 15) is 0 Å². The van der Waals surface area contributed by atoms with Crippen LogP contribution in [0.25, 0.3) is 0 Å². The van der Waals surface area contributed by atoms with Gasteiger partial charge in [0.05, 0.1) is 12.8 Å². The molecule has 4 heteroatoms. The van der Waals surface area contributed by atoms with Gasteiger partial charge in [-0.1, -0.05) is 18.2 Å². The van der Waals surface area contributed by atoms with Crippen LogP contribution < -0.4 is 10.1 Å². The Balaban J connectivity index is 2.05. The van der Waals surface area contributed by atoms with Crippen molar-refractivity contribution in [1.29, 1.82) is 0 Å². The summed E-state index contributed by atoms with van der Waals surface area (Å²) in [5.74, 6) is 0.922. The molecule has 0 amide bonds. The molecule has 0 unspecified atom stereocenters. The number of ether oxygens (including phenoxy) is 1. The minimum absolute atomic E-state index is 0.232. The van der Waals surface area contributed by atoms with Crippen LogP contribution in [0, 0.1) is 6.92 Å². The molecule has 0 bridgehead atoms. The van der Waals surface area contributed by atoms with Gasteiger partial charge >= 0.3 is 0 Å². The Morgan fingerprint density at radius 1 is 1.37 bits per heavy atom. The van der Waals surface area contributed by atoms with Crippen LogP contribution in [0.4, 0.5) is 0 Å². The normalized spacial score (nSPS) is 12.4. The molecule has 1 atom stereocenters. The Morgan fingerprint density at radius 2 is 2.11 bits per heavy atom. The average Bonchev–Trinajstić information content (AvgIpc) is 2.74. The predicted octanol–water partition coefficient (Wildman–Crippen LogP) is 2.59. The molecule has 0 aliphatic rings.